The molecule has 0 saturated carbocycles. The molecule has 0 atom stereocenters. The molecule has 1 aromatic heterocycles. The zero-order valence-electron chi connectivity index (χ0n) is 8.92. The normalized spacial score (nSPS) is 10.3. The summed E-state index contributed by atoms with van der Waals surface area (Å²) in [5.74, 6) is 1.26. The highest BCUT2D eigenvalue weighted by atomic mass is 16.5. The third-order valence-electron chi connectivity index (χ3n) is 2.20. The Labute approximate surface area is 93.1 Å². The summed E-state index contributed by atoms with van der Waals surface area (Å²) in [6.07, 6.45) is 0. The van der Waals surface area contributed by atoms with Crippen molar-refractivity contribution in [1.29, 1.82) is 0 Å². The molecule has 3 N–H and O–H groups in total. The number of aromatic nitrogens is 2. The third-order valence-corrected chi connectivity index (χ3v) is 2.20. The molecule has 84 valence electrons. The van der Waals surface area contributed by atoms with Gasteiger partial charge in [0.2, 0.25) is 0 Å². The number of phenols is 1. The van der Waals surface area contributed by atoms with Crippen LogP contribution in [0.4, 0.5) is 5.82 Å². The zero-order chi connectivity index (χ0) is 11.5. The van der Waals surface area contributed by atoms with E-state index in [0.29, 0.717) is 18.2 Å². The largest absolute Gasteiger partial charge is 0.508 e. The van der Waals surface area contributed by atoms with Gasteiger partial charge in [-0.1, -0.05) is 6.07 Å². The number of aromatic hydroxyl groups is 1. The maximum Gasteiger partial charge on any atom is 0.145 e. The van der Waals surface area contributed by atoms with E-state index < -0.39 is 0 Å². The molecule has 0 fully saturated rings. The zero-order valence-corrected chi connectivity index (χ0v) is 8.92. The molecule has 2 rings (SSSR count). The van der Waals surface area contributed by atoms with Crippen molar-refractivity contribution in [2.75, 3.05) is 5.73 Å². The lowest BCUT2D eigenvalue weighted by Gasteiger charge is -2.06. The van der Waals surface area contributed by atoms with Crippen molar-refractivity contribution < 1.29 is 9.84 Å². The average Bonchev–Trinajstić information content (AvgIpc) is 2.54. The molecule has 0 radical (unpaired) electrons. The van der Waals surface area contributed by atoms with Gasteiger partial charge in [0, 0.05) is 19.2 Å². The molecule has 0 spiro atoms. The molecular weight excluding hydrogens is 206 g/mol. The Hall–Kier alpha value is -2.17. The van der Waals surface area contributed by atoms with Crippen molar-refractivity contribution in [2.45, 2.75) is 6.61 Å². The van der Waals surface area contributed by atoms with Gasteiger partial charge >= 0.3 is 0 Å². The van der Waals surface area contributed by atoms with Crippen LogP contribution in [-0.2, 0) is 13.7 Å². The van der Waals surface area contributed by atoms with Crippen LogP contribution in [0, 0.1) is 0 Å². The number of benzene rings is 1. The Morgan fingerprint density at radius 1 is 1.44 bits per heavy atom. The first kappa shape index (κ1) is 10.4. The molecule has 5 nitrogen and oxygen atoms in total. The average molecular weight is 219 g/mol. The van der Waals surface area contributed by atoms with Crippen molar-refractivity contribution in [3.05, 3.63) is 36.0 Å². The summed E-state index contributed by atoms with van der Waals surface area (Å²) in [5.41, 5.74) is 6.42. The summed E-state index contributed by atoms with van der Waals surface area (Å²) < 4.78 is 7.16. The number of ether oxygens (including phenoxy) is 1. The summed E-state index contributed by atoms with van der Waals surface area (Å²) in [6.45, 7) is 0.365. The first-order valence-electron chi connectivity index (χ1n) is 4.85. The second kappa shape index (κ2) is 4.14. The molecule has 5 heteroatoms. The predicted molar refractivity (Wildman–Crippen MR) is 60.1 cm³/mol. The number of hydrogen-bond acceptors (Lipinski definition) is 4. The van der Waals surface area contributed by atoms with Crippen molar-refractivity contribution in [3.8, 4) is 11.5 Å². The number of anilines is 1. The van der Waals surface area contributed by atoms with Gasteiger partial charge in [-0.15, -0.1) is 0 Å². The molecular formula is C11H13N3O2. The van der Waals surface area contributed by atoms with Crippen LogP contribution in [0.5, 0.6) is 11.5 Å². The molecule has 1 heterocycles. The molecule has 0 aliphatic rings. The second-order valence-corrected chi connectivity index (χ2v) is 3.47. The Morgan fingerprint density at radius 2 is 2.25 bits per heavy atom. The maximum absolute atomic E-state index is 9.25. The summed E-state index contributed by atoms with van der Waals surface area (Å²) >= 11 is 0. The minimum absolute atomic E-state index is 0.182. The Kier molecular flexibility index (Phi) is 2.68. The minimum Gasteiger partial charge on any atom is -0.508 e. The van der Waals surface area contributed by atoms with Gasteiger partial charge in [0.25, 0.3) is 0 Å². The van der Waals surface area contributed by atoms with E-state index in [2.05, 4.69) is 5.10 Å². The van der Waals surface area contributed by atoms with Crippen LogP contribution in [0.2, 0.25) is 0 Å². The number of phenolic OH excluding ortho intramolecular Hbond substituents is 1. The van der Waals surface area contributed by atoms with Crippen LogP contribution in [0.15, 0.2) is 30.3 Å². The molecule has 0 aliphatic carbocycles. The minimum atomic E-state index is 0.182. The van der Waals surface area contributed by atoms with E-state index in [1.54, 1.807) is 42.1 Å². The van der Waals surface area contributed by atoms with E-state index >= 15 is 0 Å². The molecule has 2 aromatic rings. The first-order chi connectivity index (χ1) is 7.65. The van der Waals surface area contributed by atoms with Gasteiger partial charge in [-0.2, -0.15) is 5.10 Å². The molecule has 16 heavy (non-hydrogen) atoms. The van der Waals surface area contributed by atoms with Crippen LogP contribution < -0.4 is 10.5 Å². The number of rotatable bonds is 3. The smallest absolute Gasteiger partial charge is 0.145 e. The number of nitrogens with zero attached hydrogens (tertiary/aromatic N) is 2. The first-order valence-corrected chi connectivity index (χ1v) is 4.85. The highest BCUT2D eigenvalue weighted by Crippen LogP contribution is 2.19. The topological polar surface area (TPSA) is 73.3 Å². The van der Waals surface area contributed by atoms with Crippen LogP contribution in [0.3, 0.4) is 0 Å². The Morgan fingerprint density at radius 3 is 2.88 bits per heavy atom. The summed E-state index contributed by atoms with van der Waals surface area (Å²) in [7, 11) is 1.80. The van der Waals surface area contributed by atoms with Crippen molar-refractivity contribution in [1.82, 2.24) is 9.78 Å². The highest BCUT2D eigenvalue weighted by molar-refractivity contribution is 5.32. The van der Waals surface area contributed by atoms with E-state index in [4.69, 9.17) is 10.5 Å². The fourth-order valence-electron chi connectivity index (χ4n) is 1.40. The fraction of sp³-hybridized carbons (Fsp3) is 0.182. The van der Waals surface area contributed by atoms with Crippen molar-refractivity contribution in [3.63, 3.8) is 0 Å². The number of nitrogen functional groups attached to an aromatic ring is 1. The fourth-order valence-corrected chi connectivity index (χ4v) is 1.40. The monoisotopic (exact) mass is 219 g/mol. The van der Waals surface area contributed by atoms with E-state index in [1.807, 2.05) is 0 Å². The number of hydrogen-bond donors (Lipinski definition) is 2. The van der Waals surface area contributed by atoms with E-state index in [-0.39, 0.29) is 5.75 Å². The Bertz CT molecular complexity index is 494. The summed E-state index contributed by atoms with van der Waals surface area (Å²) in [6, 6.07) is 8.40. The van der Waals surface area contributed by atoms with E-state index in [9.17, 15) is 5.11 Å². The maximum atomic E-state index is 9.25. The standard InChI is InChI=1S/C11H13N3O2/c1-14-8(5-11(12)13-14)7-16-10-4-2-3-9(15)6-10/h2-6,15H,7H2,1H3,(H2,12,13). The van der Waals surface area contributed by atoms with Gasteiger partial charge < -0.3 is 15.6 Å². The predicted octanol–water partition coefficient (Wildman–Crippen LogP) is 1.29. The molecule has 0 saturated heterocycles. The SMILES string of the molecule is Cn1nc(N)cc1COc1cccc(O)c1. The quantitative estimate of drug-likeness (QED) is 0.815. The number of nitrogens with two attached hydrogens (primary N) is 1. The lowest BCUT2D eigenvalue weighted by atomic mass is 10.3. The van der Waals surface area contributed by atoms with Crippen molar-refractivity contribution in [2.24, 2.45) is 7.05 Å². The highest BCUT2D eigenvalue weighted by Gasteiger charge is 2.03. The van der Waals surface area contributed by atoms with Gasteiger partial charge in [0.15, 0.2) is 0 Å². The Balaban J connectivity index is 2.05. The molecule has 0 aliphatic heterocycles. The van der Waals surface area contributed by atoms with Gasteiger partial charge in [-0.3, -0.25) is 4.68 Å². The van der Waals surface area contributed by atoms with Crippen LogP contribution in [-0.4, -0.2) is 14.9 Å². The molecule has 1 aromatic carbocycles. The lowest BCUT2D eigenvalue weighted by Crippen LogP contribution is -2.02. The molecule has 0 bridgehead atoms. The summed E-state index contributed by atoms with van der Waals surface area (Å²) in [5, 5.41) is 13.3. The van der Waals surface area contributed by atoms with E-state index in [1.165, 1.54) is 0 Å². The van der Waals surface area contributed by atoms with E-state index in [0.717, 1.165) is 5.69 Å². The summed E-state index contributed by atoms with van der Waals surface area (Å²) in [4.78, 5) is 0. The molecule has 0 amide bonds. The van der Waals surface area contributed by atoms with Crippen LogP contribution >= 0.6 is 0 Å². The van der Waals surface area contributed by atoms with Crippen molar-refractivity contribution >= 4 is 5.82 Å². The lowest BCUT2D eigenvalue weighted by molar-refractivity contribution is 0.293. The van der Waals surface area contributed by atoms with Gasteiger partial charge in [-0.25, -0.2) is 0 Å². The molecule has 0 unspecified atom stereocenters. The number of aryl methyl sites for hydroxylation is 1. The van der Waals surface area contributed by atoms with Crippen LogP contribution in [0.25, 0.3) is 0 Å². The van der Waals surface area contributed by atoms with Gasteiger partial charge in [0.05, 0.1) is 5.69 Å². The second-order valence-electron chi connectivity index (χ2n) is 3.47. The third kappa shape index (κ3) is 2.25. The van der Waals surface area contributed by atoms with Gasteiger partial charge in [-0.05, 0) is 12.1 Å². The van der Waals surface area contributed by atoms with Gasteiger partial charge in [0.1, 0.15) is 23.9 Å². The van der Waals surface area contributed by atoms with Crippen LogP contribution in [0.1, 0.15) is 5.69 Å².